The third-order valence-corrected chi connectivity index (χ3v) is 2.56. The standard InChI is InChI=1S/C13H19NO3/c1-4-13(16)14-8-11(15)10-7-9(2)5-6-12(10)17-3/h5-7,11,15H,4,8H2,1-3H3,(H,14,16). The Balaban J connectivity index is 2.76. The molecule has 1 amide bonds. The van der Waals surface area contributed by atoms with Gasteiger partial charge in [-0.1, -0.05) is 18.6 Å². The largest absolute Gasteiger partial charge is 0.496 e. The van der Waals surface area contributed by atoms with Gasteiger partial charge in [-0.15, -0.1) is 0 Å². The summed E-state index contributed by atoms with van der Waals surface area (Å²) in [5.74, 6) is 0.560. The summed E-state index contributed by atoms with van der Waals surface area (Å²) in [5.41, 5.74) is 1.74. The van der Waals surface area contributed by atoms with Gasteiger partial charge in [-0.2, -0.15) is 0 Å². The van der Waals surface area contributed by atoms with Crippen molar-refractivity contribution in [1.29, 1.82) is 0 Å². The quantitative estimate of drug-likeness (QED) is 0.817. The number of methoxy groups -OCH3 is 1. The molecule has 17 heavy (non-hydrogen) atoms. The van der Waals surface area contributed by atoms with Gasteiger partial charge in [-0.05, 0) is 19.1 Å². The van der Waals surface area contributed by atoms with Crippen LogP contribution in [0.15, 0.2) is 18.2 Å². The summed E-state index contributed by atoms with van der Waals surface area (Å²) in [6, 6.07) is 5.59. The summed E-state index contributed by atoms with van der Waals surface area (Å²) in [5, 5.41) is 12.7. The van der Waals surface area contributed by atoms with Crippen LogP contribution in [0.25, 0.3) is 0 Å². The maximum Gasteiger partial charge on any atom is 0.219 e. The van der Waals surface area contributed by atoms with Crippen molar-refractivity contribution in [1.82, 2.24) is 5.32 Å². The van der Waals surface area contributed by atoms with E-state index >= 15 is 0 Å². The topological polar surface area (TPSA) is 58.6 Å². The lowest BCUT2D eigenvalue weighted by Crippen LogP contribution is -2.27. The van der Waals surface area contributed by atoms with Crippen molar-refractivity contribution in [3.05, 3.63) is 29.3 Å². The minimum Gasteiger partial charge on any atom is -0.496 e. The zero-order valence-electron chi connectivity index (χ0n) is 10.5. The van der Waals surface area contributed by atoms with Crippen LogP contribution in [0.3, 0.4) is 0 Å². The molecule has 0 saturated carbocycles. The van der Waals surface area contributed by atoms with Gasteiger partial charge in [0.15, 0.2) is 0 Å². The lowest BCUT2D eigenvalue weighted by atomic mass is 10.1. The Hall–Kier alpha value is -1.55. The molecule has 0 fully saturated rings. The maximum atomic E-state index is 11.1. The fraction of sp³-hybridized carbons (Fsp3) is 0.462. The number of aryl methyl sites for hydroxylation is 1. The molecule has 0 heterocycles. The monoisotopic (exact) mass is 237 g/mol. The first kappa shape index (κ1) is 13.5. The highest BCUT2D eigenvalue weighted by atomic mass is 16.5. The summed E-state index contributed by atoms with van der Waals surface area (Å²) in [6.45, 7) is 3.92. The Morgan fingerprint density at radius 3 is 2.82 bits per heavy atom. The van der Waals surface area contributed by atoms with Crippen molar-refractivity contribution in [2.24, 2.45) is 0 Å². The minimum atomic E-state index is -0.750. The molecule has 1 unspecified atom stereocenters. The molecule has 0 aliphatic rings. The number of ether oxygens (including phenoxy) is 1. The van der Waals surface area contributed by atoms with Crippen molar-refractivity contribution in [2.75, 3.05) is 13.7 Å². The maximum absolute atomic E-state index is 11.1. The number of hydrogen-bond donors (Lipinski definition) is 2. The van der Waals surface area contributed by atoms with E-state index in [1.54, 1.807) is 14.0 Å². The van der Waals surface area contributed by atoms with Gasteiger partial charge in [-0.3, -0.25) is 4.79 Å². The zero-order valence-corrected chi connectivity index (χ0v) is 10.5. The first-order valence-electron chi connectivity index (χ1n) is 5.67. The van der Waals surface area contributed by atoms with Crippen LogP contribution in [0, 0.1) is 6.92 Å². The summed E-state index contributed by atoms with van der Waals surface area (Å²) in [6.07, 6.45) is -0.335. The Morgan fingerprint density at radius 2 is 2.24 bits per heavy atom. The number of benzene rings is 1. The fourth-order valence-electron chi connectivity index (χ4n) is 1.56. The molecule has 1 atom stereocenters. The molecule has 0 saturated heterocycles. The molecule has 1 aromatic carbocycles. The van der Waals surface area contributed by atoms with Gasteiger partial charge in [-0.25, -0.2) is 0 Å². The van der Waals surface area contributed by atoms with E-state index in [0.29, 0.717) is 17.7 Å². The molecule has 4 nitrogen and oxygen atoms in total. The van der Waals surface area contributed by atoms with E-state index in [2.05, 4.69) is 5.32 Å². The van der Waals surface area contributed by atoms with E-state index < -0.39 is 6.10 Å². The molecule has 0 aliphatic carbocycles. The van der Waals surface area contributed by atoms with Crippen LogP contribution in [0.4, 0.5) is 0 Å². The second-order valence-electron chi connectivity index (χ2n) is 3.92. The smallest absolute Gasteiger partial charge is 0.219 e. The van der Waals surface area contributed by atoms with Crippen LogP contribution in [0.1, 0.15) is 30.6 Å². The molecule has 0 radical (unpaired) electrons. The molecule has 1 aromatic rings. The minimum absolute atomic E-state index is 0.0735. The highest BCUT2D eigenvalue weighted by molar-refractivity contribution is 5.75. The van der Waals surface area contributed by atoms with Gasteiger partial charge in [0.05, 0.1) is 13.2 Å². The molecule has 0 bridgehead atoms. The number of carbonyl (C=O) groups excluding carboxylic acids is 1. The van der Waals surface area contributed by atoms with Gasteiger partial charge in [0, 0.05) is 18.5 Å². The van der Waals surface area contributed by atoms with Crippen molar-refractivity contribution >= 4 is 5.91 Å². The van der Waals surface area contributed by atoms with Gasteiger partial charge in [0.1, 0.15) is 5.75 Å². The molecule has 4 heteroatoms. The number of aliphatic hydroxyl groups excluding tert-OH is 1. The van der Waals surface area contributed by atoms with E-state index in [9.17, 15) is 9.90 Å². The van der Waals surface area contributed by atoms with Crippen LogP contribution in [-0.4, -0.2) is 24.7 Å². The molecule has 1 rings (SSSR count). The Morgan fingerprint density at radius 1 is 1.53 bits per heavy atom. The lowest BCUT2D eigenvalue weighted by molar-refractivity contribution is -0.121. The first-order chi connectivity index (χ1) is 8.08. The Bertz CT molecular complexity index is 390. The normalized spacial score (nSPS) is 12.0. The Kier molecular flexibility index (Phi) is 4.97. The molecule has 0 aliphatic heterocycles. The average Bonchev–Trinajstić information content (AvgIpc) is 2.35. The molecule has 0 spiro atoms. The second kappa shape index (κ2) is 6.25. The summed E-state index contributed by atoms with van der Waals surface area (Å²) < 4.78 is 5.18. The van der Waals surface area contributed by atoms with Crippen molar-refractivity contribution in [3.8, 4) is 5.75 Å². The number of hydrogen-bond acceptors (Lipinski definition) is 3. The van der Waals surface area contributed by atoms with Crippen molar-refractivity contribution in [2.45, 2.75) is 26.4 Å². The molecular weight excluding hydrogens is 218 g/mol. The van der Waals surface area contributed by atoms with Gasteiger partial charge in [0.2, 0.25) is 5.91 Å². The summed E-state index contributed by atoms with van der Waals surface area (Å²) in [7, 11) is 1.56. The fourth-order valence-corrected chi connectivity index (χ4v) is 1.56. The van der Waals surface area contributed by atoms with Gasteiger partial charge >= 0.3 is 0 Å². The first-order valence-corrected chi connectivity index (χ1v) is 5.67. The van der Waals surface area contributed by atoms with E-state index in [4.69, 9.17) is 4.74 Å². The Labute approximate surface area is 102 Å². The van der Waals surface area contributed by atoms with E-state index in [1.807, 2.05) is 25.1 Å². The summed E-state index contributed by atoms with van der Waals surface area (Å²) >= 11 is 0. The number of aliphatic hydroxyl groups is 1. The number of nitrogens with one attached hydrogen (secondary N) is 1. The van der Waals surface area contributed by atoms with E-state index in [-0.39, 0.29) is 12.5 Å². The average molecular weight is 237 g/mol. The highest BCUT2D eigenvalue weighted by Crippen LogP contribution is 2.25. The third-order valence-electron chi connectivity index (χ3n) is 2.56. The van der Waals surface area contributed by atoms with Crippen molar-refractivity contribution in [3.63, 3.8) is 0 Å². The predicted octanol–water partition coefficient (Wildman–Crippen LogP) is 1.56. The number of carbonyl (C=O) groups is 1. The summed E-state index contributed by atoms with van der Waals surface area (Å²) in [4.78, 5) is 11.1. The highest BCUT2D eigenvalue weighted by Gasteiger charge is 2.14. The van der Waals surface area contributed by atoms with Crippen LogP contribution in [-0.2, 0) is 4.79 Å². The second-order valence-corrected chi connectivity index (χ2v) is 3.92. The molecule has 94 valence electrons. The zero-order chi connectivity index (χ0) is 12.8. The SMILES string of the molecule is CCC(=O)NCC(O)c1cc(C)ccc1OC. The van der Waals surface area contributed by atoms with Gasteiger partial charge in [0.25, 0.3) is 0 Å². The van der Waals surface area contributed by atoms with Crippen LogP contribution >= 0.6 is 0 Å². The molecule has 2 N–H and O–H groups in total. The van der Waals surface area contributed by atoms with Gasteiger partial charge < -0.3 is 15.2 Å². The predicted molar refractivity (Wildman–Crippen MR) is 66.0 cm³/mol. The number of amides is 1. The van der Waals surface area contributed by atoms with E-state index in [1.165, 1.54) is 0 Å². The van der Waals surface area contributed by atoms with Crippen LogP contribution < -0.4 is 10.1 Å². The third kappa shape index (κ3) is 3.75. The van der Waals surface area contributed by atoms with Crippen LogP contribution in [0.2, 0.25) is 0 Å². The van der Waals surface area contributed by atoms with Crippen LogP contribution in [0.5, 0.6) is 5.75 Å². The number of rotatable bonds is 5. The van der Waals surface area contributed by atoms with Crippen molar-refractivity contribution < 1.29 is 14.6 Å². The lowest BCUT2D eigenvalue weighted by Gasteiger charge is -2.16. The molecular formula is C13H19NO3. The molecule has 0 aromatic heterocycles. The van der Waals surface area contributed by atoms with E-state index in [0.717, 1.165) is 5.56 Å².